The number of alkyl halides is 3. The molecule has 1 heterocycles. The lowest BCUT2D eigenvalue weighted by Gasteiger charge is -2.13. The van der Waals surface area contributed by atoms with Gasteiger partial charge in [-0.1, -0.05) is 6.92 Å². The maximum absolute atomic E-state index is 12.3. The van der Waals surface area contributed by atoms with Crippen molar-refractivity contribution in [2.75, 3.05) is 0 Å². The Balaban J connectivity index is 2.63. The fraction of sp³-hybridized carbons (Fsp3) is 0.583. The van der Waals surface area contributed by atoms with Crippen LogP contribution in [-0.2, 0) is 11.3 Å². The van der Waals surface area contributed by atoms with Crippen molar-refractivity contribution in [1.29, 1.82) is 0 Å². The minimum atomic E-state index is -4.70. The summed E-state index contributed by atoms with van der Waals surface area (Å²) in [6.07, 6.45) is -4.00. The molecule has 0 radical (unpaired) electrons. The normalized spacial score (nSPS) is 15.1. The first-order chi connectivity index (χ1) is 8.74. The average Bonchev–Trinajstić information content (AvgIpc) is 2.74. The molecule has 0 saturated heterocycles. The van der Waals surface area contributed by atoms with E-state index in [4.69, 9.17) is 5.11 Å². The number of amides is 1. The van der Waals surface area contributed by atoms with Gasteiger partial charge in [0.1, 0.15) is 6.54 Å². The summed E-state index contributed by atoms with van der Waals surface area (Å²) in [6, 6.07) is 1.16. The van der Waals surface area contributed by atoms with Crippen molar-refractivity contribution in [3.05, 3.63) is 24.0 Å². The van der Waals surface area contributed by atoms with Crippen molar-refractivity contribution >= 4 is 5.91 Å². The number of nitrogens with zero attached hydrogens (tertiary/aromatic N) is 1. The standard InChI is InChI=1S/C12H17F3N2O2/c1-3-8(2)16-10(18)7-17-5-4-9(6-17)11(19)12(13,14)15/h4-6,8,11,19H,3,7H2,1-2H3,(H,16,18). The van der Waals surface area contributed by atoms with E-state index >= 15 is 0 Å². The molecule has 0 fully saturated rings. The number of carbonyl (C=O) groups is 1. The molecular formula is C12H17F3N2O2. The number of hydrogen-bond donors (Lipinski definition) is 2. The molecule has 4 nitrogen and oxygen atoms in total. The van der Waals surface area contributed by atoms with E-state index in [0.717, 1.165) is 18.7 Å². The third-order valence-corrected chi connectivity index (χ3v) is 2.75. The minimum absolute atomic E-state index is 0.0169. The van der Waals surface area contributed by atoms with Crippen LogP contribution in [0.15, 0.2) is 18.5 Å². The lowest BCUT2D eigenvalue weighted by atomic mass is 10.2. The molecular weight excluding hydrogens is 261 g/mol. The molecule has 19 heavy (non-hydrogen) atoms. The summed E-state index contributed by atoms with van der Waals surface area (Å²) in [5, 5.41) is 11.8. The van der Waals surface area contributed by atoms with Crippen molar-refractivity contribution in [3.63, 3.8) is 0 Å². The molecule has 1 amide bonds. The summed E-state index contributed by atoms with van der Waals surface area (Å²) in [7, 11) is 0. The first-order valence-electron chi connectivity index (χ1n) is 5.93. The van der Waals surface area contributed by atoms with Crippen molar-refractivity contribution in [2.24, 2.45) is 0 Å². The Kier molecular flexibility index (Phi) is 4.99. The molecule has 2 N–H and O–H groups in total. The second-order valence-corrected chi connectivity index (χ2v) is 4.44. The van der Waals surface area contributed by atoms with Gasteiger partial charge in [0, 0.05) is 24.0 Å². The van der Waals surface area contributed by atoms with Gasteiger partial charge in [-0.25, -0.2) is 0 Å². The van der Waals surface area contributed by atoms with Crippen molar-refractivity contribution in [1.82, 2.24) is 9.88 Å². The molecule has 0 saturated carbocycles. The van der Waals surface area contributed by atoms with Crippen LogP contribution in [0.25, 0.3) is 0 Å². The monoisotopic (exact) mass is 278 g/mol. The molecule has 2 unspecified atom stereocenters. The molecule has 1 aromatic rings. The van der Waals surface area contributed by atoms with E-state index in [-0.39, 0.29) is 24.1 Å². The van der Waals surface area contributed by atoms with Crippen molar-refractivity contribution < 1.29 is 23.1 Å². The Labute approximate surface area is 109 Å². The largest absolute Gasteiger partial charge is 0.418 e. The van der Waals surface area contributed by atoms with Crippen LogP contribution in [0.1, 0.15) is 31.9 Å². The van der Waals surface area contributed by atoms with Gasteiger partial charge in [-0.3, -0.25) is 4.79 Å². The smallest absolute Gasteiger partial charge is 0.379 e. The summed E-state index contributed by atoms with van der Waals surface area (Å²) in [4.78, 5) is 11.5. The van der Waals surface area contributed by atoms with Gasteiger partial charge < -0.3 is 15.0 Å². The molecule has 1 aromatic heterocycles. The number of nitrogens with one attached hydrogen (secondary N) is 1. The zero-order valence-electron chi connectivity index (χ0n) is 10.7. The predicted molar refractivity (Wildman–Crippen MR) is 63.3 cm³/mol. The van der Waals surface area contributed by atoms with Crippen LogP contribution in [0.2, 0.25) is 0 Å². The second kappa shape index (κ2) is 6.10. The summed E-state index contributed by atoms with van der Waals surface area (Å²) in [5.41, 5.74) is -0.274. The maximum atomic E-state index is 12.3. The Bertz CT molecular complexity index is 429. The summed E-state index contributed by atoms with van der Waals surface area (Å²) in [6.45, 7) is 3.68. The molecule has 0 bridgehead atoms. The number of aliphatic hydroxyl groups excluding tert-OH is 1. The Hall–Kier alpha value is -1.50. The van der Waals surface area contributed by atoms with Gasteiger partial charge in [-0.15, -0.1) is 0 Å². The number of hydrogen-bond acceptors (Lipinski definition) is 2. The Morgan fingerprint density at radius 3 is 2.68 bits per heavy atom. The molecule has 1 rings (SSSR count). The topological polar surface area (TPSA) is 54.3 Å². The molecule has 0 aliphatic heterocycles. The Morgan fingerprint density at radius 1 is 1.53 bits per heavy atom. The van der Waals surface area contributed by atoms with Crippen LogP contribution < -0.4 is 5.32 Å². The number of aromatic nitrogens is 1. The van der Waals surface area contributed by atoms with E-state index < -0.39 is 12.3 Å². The van der Waals surface area contributed by atoms with Crippen LogP contribution in [0.3, 0.4) is 0 Å². The third-order valence-electron chi connectivity index (χ3n) is 2.75. The first-order valence-corrected chi connectivity index (χ1v) is 5.93. The number of rotatable bonds is 5. The quantitative estimate of drug-likeness (QED) is 0.865. The Morgan fingerprint density at radius 2 is 2.16 bits per heavy atom. The van der Waals surface area contributed by atoms with Gasteiger partial charge in [-0.2, -0.15) is 13.2 Å². The molecule has 0 spiro atoms. The number of halogens is 3. The number of carbonyl (C=O) groups excluding carboxylic acids is 1. The van der Waals surface area contributed by atoms with Crippen molar-refractivity contribution in [3.8, 4) is 0 Å². The van der Waals surface area contributed by atoms with E-state index in [1.54, 1.807) is 0 Å². The molecule has 2 atom stereocenters. The zero-order valence-corrected chi connectivity index (χ0v) is 10.7. The van der Waals surface area contributed by atoms with Crippen LogP contribution in [0.5, 0.6) is 0 Å². The first kappa shape index (κ1) is 15.6. The fourth-order valence-electron chi connectivity index (χ4n) is 1.50. The summed E-state index contributed by atoms with van der Waals surface area (Å²) >= 11 is 0. The summed E-state index contributed by atoms with van der Waals surface area (Å²) in [5.74, 6) is -0.280. The third kappa shape index (κ3) is 4.59. The molecule has 0 aliphatic rings. The van der Waals surface area contributed by atoms with Crippen LogP contribution >= 0.6 is 0 Å². The zero-order chi connectivity index (χ0) is 14.6. The van der Waals surface area contributed by atoms with Gasteiger partial charge in [0.2, 0.25) is 5.91 Å². The average molecular weight is 278 g/mol. The van der Waals surface area contributed by atoms with Gasteiger partial charge in [-0.05, 0) is 19.4 Å². The van der Waals surface area contributed by atoms with Gasteiger partial charge in [0.05, 0.1) is 0 Å². The van der Waals surface area contributed by atoms with Crippen LogP contribution in [0, 0.1) is 0 Å². The van der Waals surface area contributed by atoms with Crippen LogP contribution in [-0.4, -0.2) is 27.8 Å². The lowest BCUT2D eigenvalue weighted by molar-refractivity contribution is -0.206. The van der Waals surface area contributed by atoms with E-state index in [1.807, 2.05) is 13.8 Å². The SMILES string of the molecule is CCC(C)NC(=O)Cn1ccc(C(O)C(F)(F)F)c1. The minimum Gasteiger partial charge on any atom is -0.379 e. The highest BCUT2D eigenvalue weighted by molar-refractivity contribution is 5.76. The molecule has 7 heteroatoms. The molecule has 108 valence electrons. The summed E-state index contributed by atoms with van der Waals surface area (Å²) < 4.78 is 38.2. The van der Waals surface area contributed by atoms with E-state index in [1.165, 1.54) is 10.8 Å². The van der Waals surface area contributed by atoms with E-state index in [0.29, 0.717) is 0 Å². The van der Waals surface area contributed by atoms with Gasteiger partial charge in [0.25, 0.3) is 0 Å². The molecule has 0 aliphatic carbocycles. The fourth-order valence-corrected chi connectivity index (χ4v) is 1.50. The van der Waals surface area contributed by atoms with Crippen molar-refractivity contribution in [2.45, 2.75) is 45.1 Å². The van der Waals surface area contributed by atoms with Crippen LogP contribution in [0.4, 0.5) is 13.2 Å². The highest BCUT2D eigenvalue weighted by Gasteiger charge is 2.39. The maximum Gasteiger partial charge on any atom is 0.418 e. The predicted octanol–water partition coefficient (Wildman–Crippen LogP) is 2.00. The van der Waals surface area contributed by atoms with Gasteiger partial charge in [0.15, 0.2) is 6.10 Å². The van der Waals surface area contributed by atoms with E-state index in [9.17, 15) is 18.0 Å². The number of aliphatic hydroxyl groups is 1. The highest BCUT2D eigenvalue weighted by Crippen LogP contribution is 2.32. The lowest BCUT2D eigenvalue weighted by Crippen LogP contribution is -2.34. The van der Waals surface area contributed by atoms with E-state index in [2.05, 4.69) is 5.32 Å². The second-order valence-electron chi connectivity index (χ2n) is 4.44. The highest BCUT2D eigenvalue weighted by atomic mass is 19.4. The van der Waals surface area contributed by atoms with Gasteiger partial charge >= 0.3 is 6.18 Å². The molecule has 0 aromatic carbocycles.